The van der Waals surface area contributed by atoms with Crippen LogP contribution in [0.5, 0.6) is 0 Å². The van der Waals surface area contributed by atoms with Gasteiger partial charge < -0.3 is 5.32 Å². The van der Waals surface area contributed by atoms with E-state index in [1.165, 1.54) is 43.4 Å². The lowest BCUT2D eigenvalue weighted by molar-refractivity contribution is 0.559. The molecule has 0 spiro atoms. The van der Waals surface area contributed by atoms with Crippen LogP contribution in [0.15, 0.2) is 23.4 Å². The molecule has 1 rings (SSSR count). The number of rotatable bonds is 3. The minimum atomic E-state index is 0.674. The second-order valence-electron chi connectivity index (χ2n) is 4.44. The summed E-state index contributed by atoms with van der Waals surface area (Å²) in [4.78, 5) is 0. The van der Waals surface area contributed by atoms with E-state index >= 15 is 0 Å². The Balaban J connectivity index is 2.74. The highest BCUT2D eigenvalue weighted by molar-refractivity contribution is 5.18. The molecule has 0 bridgehead atoms. The lowest BCUT2D eigenvalue weighted by atomic mass is 9.89. The van der Waals surface area contributed by atoms with Crippen LogP contribution in [-0.2, 0) is 0 Å². The zero-order chi connectivity index (χ0) is 11.1. The average molecular weight is 207 g/mol. The molecule has 1 N–H and O–H groups in total. The Kier molecular flexibility index (Phi) is 5.52. The van der Waals surface area contributed by atoms with Crippen LogP contribution >= 0.6 is 0 Å². The highest BCUT2D eigenvalue weighted by atomic mass is 14.8. The van der Waals surface area contributed by atoms with E-state index in [9.17, 15) is 0 Å². The zero-order valence-corrected chi connectivity index (χ0v) is 10.5. The van der Waals surface area contributed by atoms with E-state index in [2.05, 4.69) is 31.3 Å². The first-order chi connectivity index (χ1) is 7.29. The normalized spacial score (nSPS) is 26.2. The molecule has 0 saturated heterocycles. The first kappa shape index (κ1) is 12.4. The molecule has 1 atom stereocenters. The van der Waals surface area contributed by atoms with Gasteiger partial charge in [-0.05, 0) is 44.1 Å². The van der Waals surface area contributed by atoms with Crippen molar-refractivity contribution in [3.63, 3.8) is 0 Å². The van der Waals surface area contributed by atoms with Gasteiger partial charge in [-0.25, -0.2) is 0 Å². The summed E-state index contributed by atoms with van der Waals surface area (Å²) in [5.74, 6) is 0.674. The third-order valence-electron chi connectivity index (χ3n) is 3.44. The summed E-state index contributed by atoms with van der Waals surface area (Å²) in [6.45, 7) is 4.51. The Bertz CT molecular complexity index is 232. The van der Waals surface area contributed by atoms with Crippen molar-refractivity contribution in [3.8, 4) is 0 Å². The highest BCUT2D eigenvalue weighted by Crippen LogP contribution is 2.25. The first-order valence-electron chi connectivity index (χ1n) is 6.33. The van der Waals surface area contributed by atoms with Crippen molar-refractivity contribution in [2.75, 3.05) is 7.05 Å². The van der Waals surface area contributed by atoms with E-state index in [4.69, 9.17) is 0 Å². The fourth-order valence-electron chi connectivity index (χ4n) is 2.40. The molecule has 1 aliphatic carbocycles. The lowest BCUT2D eigenvalue weighted by Crippen LogP contribution is -2.12. The number of hydrogen-bond acceptors (Lipinski definition) is 1. The molecular weight excluding hydrogens is 182 g/mol. The predicted octanol–water partition coefficient (Wildman–Crippen LogP) is 4.03. The highest BCUT2D eigenvalue weighted by Gasteiger charge is 2.11. The molecule has 1 heteroatoms. The number of hydrogen-bond donors (Lipinski definition) is 1. The van der Waals surface area contributed by atoms with E-state index in [-0.39, 0.29) is 0 Å². The van der Waals surface area contributed by atoms with Gasteiger partial charge in [0.15, 0.2) is 0 Å². The van der Waals surface area contributed by atoms with Crippen molar-refractivity contribution in [3.05, 3.63) is 23.4 Å². The van der Waals surface area contributed by atoms with Gasteiger partial charge in [-0.3, -0.25) is 0 Å². The molecule has 0 amide bonds. The van der Waals surface area contributed by atoms with Crippen LogP contribution in [0.1, 0.15) is 52.4 Å². The SMILES string of the molecule is CC/C(NC)=C(\C)C1/C=C\CCCCC1. The quantitative estimate of drug-likeness (QED) is 0.689. The molecule has 0 radical (unpaired) electrons. The van der Waals surface area contributed by atoms with Crippen molar-refractivity contribution in [2.24, 2.45) is 5.92 Å². The maximum Gasteiger partial charge on any atom is 0.00963 e. The van der Waals surface area contributed by atoms with Crippen molar-refractivity contribution in [1.82, 2.24) is 5.32 Å². The van der Waals surface area contributed by atoms with Crippen LogP contribution in [0.3, 0.4) is 0 Å². The van der Waals surface area contributed by atoms with Gasteiger partial charge in [-0.15, -0.1) is 0 Å². The summed E-state index contributed by atoms with van der Waals surface area (Å²) in [6.07, 6.45) is 12.7. The maximum absolute atomic E-state index is 3.33. The van der Waals surface area contributed by atoms with Crippen LogP contribution in [0, 0.1) is 5.92 Å². The maximum atomic E-state index is 3.33. The molecule has 15 heavy (non-hydrogen) atoms. The molecule has 1 unspecified atom stereocenters. The second-order valence-corrected chi connectivity index (χ2v) is 4.44. The third kappa shape index (κ3) is 3.73. The Morgan fingerprint density at radius 2 is 2.13 bits per heavy atom. The molecular formula is C14H25N. The molecule has 86 valence electrons. The van der Waals surface area contributed by atoms with Crippen LogP contribution in [0.25, 0.3) is 0 Å². The molecule has 0 aliphatic heterocycles. The molecule has 0 aromatic heterocycles. The monoisotopic (exact) mass is 207 g/mol. The van der Waals surface area contributed by atoms with Crippen molar-refractivity contribution in [2.45, 2.75) is 52.4 Å². The molecule has 0 saturated carbocycles. The van der Waals surface area contributed by atoms with Gasteiger partial charge in [0.1, 0.15) is 0 Å². The molecule has 0 heterocycles. The Morgan fingerprint density at radius 3 is 2.80 bits per heavy atom. The van der Waals surface area contributed by atoms with E-state index in [1.807, 2.05) is 7.05 Å². The summed E-state index contributed by atoms with van der Waals surface area (Å²) in [5, 5.41) is 3.33. The van der Waals surface area contributed by atoms with Crippen molar-refractivity contribution >= 4 is 0 Å². The van der Waals surface area contributed by atoms with Crippen LogP contribution in [0.4, 0.5) is 0 Å². The Morgan fingerprint density at radius 1 is 1.33 bits per heavy atom. The second kappa shape index (κ2) is 6.71. The van der Waals surface area contributed by atoms with E-state index in [0.29, 0.717) is 5.92 Å². The van der Waals surface area contributed by atoms with E-state index < -0.39 is 0 Å². The van der Waals surface area contributed by atoms with Crippen LogP contribution in [0.2, 0.25) is 0 Å². The van der Waals surface area contributed by atoms with Crippen molar-refractivity contribution in [1.29, 1.82) is 0 Å². The van der Waals surface area contributed by atoms with Gasteiger partial charge >= 0.3 is 0 Å². The average Bonchev–Trinajstić information content (AvgIpc) is 2.18. The first-order valence-corrected chi connectivity index (χ1v) is 6.33. The van der Waals surface area contributed by atoms with Gasteiger partial charge in [0.2, 0.25) is 0 Å². The van der Waals surface area contributed by atoms with E-state index in [0.717, 1.165) is 6.42 Å². The third-order valence-corrected chi connectivity index (χ3v) is 3.44. The number of allylic oxidation sites excluding steroid dienone is 4. The summed E-state index contributed by atoms with van der Waals surface area (Å²) in [7, 11) is 2.04. The molecule has 1 aliphatic rings. The largest absolute Gasteiger partial charge is 0.391 e. The van der Waals surface area contributed by atoms with Crippen LogP contribution in [-0.4, -0.2) is 7.05 Å². The summed E-state index contributed by atoms with van der Waals surface area (Å²) in [6, 6.07) is 0. The fraction of sp³-hybridized carbons (Fsp3) is 0.714. The standard InChI is InChI=1S/C14H25N/c1-4-14(15-3)12(2)13-10-8-6-5-7-9-11-13/h8,10,13,15H,4-7,9,11H2,1-3H3/b10-8-,14-12-. The van der Waals surface area contributed by atoms with E-state index in [1.54, 1.807) is 0 Å². The summed E-state index contributed by atoms with van der Waals surface area (Å²) >= 11 is 0. The Hall–Kier alpha value is -0.720. The van der Waals surface area contributed by atoms with Gasteiger partial charge in [0.25, 0.3) is 0 Å². The minimum absolute atomic E-state index is 0.674. The molecule has 1 nitrogen and oxygen atoms in total. The fourth-order valence-corrected chi connectivity index (χ4v) is 2.40. The molecule has 0 fully saturated rings. The predicted molar refractivity (Wildman–Crippen MR) is 67.8 cm³/mol. The zero-order valence-electron chi connectivity index (χ0n) is 10.5. The molecule has 0 aromatic carbocycles. The smallest absolute Gasteiger partial charge is 0.00963 e. The van der Waals surface area contributed by atoms with Gasteiger partial charge in [0.05, 0.1) is 0 Å². The van der Waals surface area contributed by atoms with Gasteiger partial charge in [-0.2, -0.15) is 0 Å². The Labute approximate surface area is 94.6 Å². The minimum Gasteiger partial charge on any atom is -0.391 e. The topological polar surface area (TPSA) is 12.0 Å². The number of nitrogens with one attached hydrogen (secondary N) is 1. The lowest BCUT2D eigenvalue weighted by Gasteiger charge is -2.19. The summed E-state index contributed by atoms with van der Waals surface area (Å²) in [5.41, 5.74) is 2.96. The van der Waals surface area contributed by atoms with Crippen molar-refractivity contribution < 1.29 is 0 Å². The van der Waals surface area contributed by atoms with Gasteiger partial charge in [-0.1, -0.05) is 31.9 Å². The molecule has 0 aromatic rings. The van der Waals surface area contributed by atoms with Crippen LogP contribution < -0.4 is 5.32 Å². The van der Waals surface area contributed by atoms with Gasteiger partial charge in [0, 0.05) is 12.7 Å². The summed E-state index contributed by atoms with van der Waals surface area (Å²) < 4.78 is 0.